The van der Waals surface area contributed by atoms with Crippen LogP contribution in [-0.2, 0) is 4.79 Å². The zero-order chi connectivity index (χ0) is 17.0. The van der Waals surface area contributed by atoms with Crippen LogP contribution in [-0.4, -0.2) is 30.5 Å². The zero-order valence-electron chi connectivity index (χ0n) is 13.3. The fraction of sp³-hybridized carbons (Fsp3) is 0.278. The maximum atomic E-state index is 13.9. The Balaban J connectivity index is 2.26. The lowest BCUT2D eigenvalue weighted by Gasteiger charge is -2.21. The molecule has 1 atom stereocenters. The number of ether oxygens (including phenoxy) is 1. The second-order valence-corrected chi connectivity index (χ2v) is 5.73. The summed E-state index contributed by atoms with van der Waals surface area (Å²) >= 11 is 5.98. The van der Waals surface area contributed by atoms with Crippen LogP contribution in [0, 0.1) is 5.82 Å². The van der Waals surface area contributed by atoms with Gasteiger partial charge in [-0.05, 0) is 49.2 Å². The van der Waals surface area contributed by atoms with E-state index in [1.54, 1.807) is 43.1 Å². The van der Waals surface area contributed by atoms with Gasteiger partial charge < -0.3 is 9.64 Å². The van der Waals surface area contributed by atoms with E-state index in [9.17, 15) is 9.18 Å². The van der Waals surface area contributed by atoms with Crippen LogP contribution in [0.5, 0.6) is 5.75 Å². The van der Waals surface area contributed by atoms with Crippen molar-refractivity contribution in [3.63, 3.8) is 0 Å². The molecule has 2 aromatic carbocycles. The summed E-state index contributed by atoms with van der Waals surface area (Å²) < 4.78 is 19.5. The molecule has 1 unspecified atom stereocenters. The number of hydrogen-bond acceptors (Lipinski definition) is 2. The first-order valence-electron chi connectivity index (χ1n) is 7.39. The number of carbonyl (C=O) groups excluding carboxylic acids is 1. The van der Waals surface area contributed by atoms with E-state index < -0.39 is 11.9 Å². The van der Waals surface area contributed by atoms with Crippen molar-refractivity contribution in [1.29, 1.82) is 0 Å². The van der Waals surface area contributed by atoms with Crippen molar-refractivity contribution in [3.05, 3.63) is 53.3 Å². The van der Waals surface area contributed by atoms with E-state index >= 15 is 0 Å². The average molecular weight is 336 g/mol. The maximum absolute atomic E-state index is 13.9. The molecular weight excluding hydrogens is 317 g/mol. The number of nitrogens with zero attached hydrogens (tertiary/aromatic N) is 1. The van der Waals surface area contributed by atoms with Gasteiger partial charge in [0.2, 0.25) is 0 Å². The summed E-state index contributed by atoms with van der Waals surface area (Å²) in [5, 5.41) is 0.572. The van der Waals surface area contributed by atoms with Crippen molar-refractivity contribution in [1.82, 2.24) is 4.90 Å². The van der Waals surface area contributed by atoms with E-state index in [2.05, 4.69) is 0 Å². The molecule has 2 aromatic rings. The van der Waals surface area contributed by atoms with Gasteiger partial charge in [0.05, 0.1) is 0 Å². The molecule has 0 aliphatic heterocycles. The summed E-state index contributed by atoms with van der Waals surface area (Å²) in [6.07, 6.45) is -0.686. The summed E-state index contributed by atoms with van der Waals surface area (Å²) in [6.45, 7) is 4.12. The number of likely N-dealkylation sites (N-methyl/N-ethyl adjacent to an activating group) is 1. The van der Waals surface area contributed by atoms with Crippen LogP contribution < -0.4 is 4.74 Å². The fourth-order valence-corrected chi connectivity index (χ4v) is 2.38. The molecule has 1 amide bonds. The quantitative estimate of drug-likeness (QED) is 0.811. The lowest BCUT2D eigenvalue weighted by molar-refractivity contribution is -0.136. The number of rotatable bonds is 5. The van der Waals surface area contributed by atoms with Gasteiger partial charge in [0.25, 0.3) is 5.91 Å². The van der Waals surface area contributed by atoms with Crippen LogP contribution in [0.25, 0.3) is 11.1 Å². The molecule has 122 valence electrons. The largest absolute Gasteiger partial charge is 0.481 e. The molecule has 0 radical (unpaired) electrons. The number of carbonyl (C=O) groups is 1. The number of amides is 1. The maximum Gasteiger partial charge on any atom is 0.263 e. The minimum Gasteiger partial charge on any atom is -0.481 e. The van der Waals surface area contributed by atoms with Gasteiger partial charge in [-0.3, -0.25) is 4.79 Å². The topological polar surface area (TPSA) is 29.5 Å². The molecule has 0 aliphatic carbocycles. The molecular formula is C18H19ClFNO2. The zero-order valence-corrected chi connectivity index (χ0v) is 14.1. The van der Waals surface area contributed by atoms with Crippen molar-refractivity contribution in [2.24, 2.45) is 0 Å². The third-order valence-electron chi connectivity index (χ3n) is 3.54. The number of hydrogen-bond donors (Lipinski definition) is 0. The minimum atomic E-state index is -0.686. The van der Waals surface area contributed by atoms with Crippen molar-refractivity contribution >= 4 is 17.5 Å². The van der Waals surface area contributed by atoms with Gasteiger partial charge >= 0.3 is 0 Å². The monoisotopic (exact) mass is 335 g/mol. The van der Waals surface area contributed by atoms with Gasteiger partial charge in [-0.15, -0.1) is 0 Å². The molecule has 0 heterocycles. The van der Waals surface area contributed by atoms with Crippen LogP contribution in [0.2, 0.25) is 5.02 Å². The van der Waals surface area contributed by atoms with E-state index in [4.69, 9.17) is 16.3 Å². The van der Waals surface area contributed by atoms with E-state index in [0.29, 0.717) is 22.9 Å². The van der Waals surface area contributed by atoms with Gasteiger partial charge in [0, 0.05) is 24.7 Å². The second-order valence-electron chi connectivity index (χ2n) is 5.30. The Labute approximate surface area is 140 Å². The molecule has 2 rings (SSSR count). The summed E-state index contributed by atoms with van der Waals surface area (Å²) in [6, 6.07) is 11.5. The number of benzene rings is 2. The molecule has 0 saturated carbocycles. The Hall–Kier alpha value is -2.07. The number of halogens is 2. The van der Waals surface area contributed by atoms with Gasteiger partial charge in [0.1, 0.15) is 11.6 Å². The van der Waals surface area contributed by atoms with Gasteiger partial charge in [-0.1, -0.05) is 23.7 Å². The molecule has 0 fully saturated rings. The molecule has 3 nitrogen and oxygen atoms in total. The first kappa shape index (κ1) is 17.3. The third-order valence-corrected chi connectivity index (χ3v) is 3.78. The first-order chi connectivity index (χ1) is 10.9. The van der Waals surface area contributed by atoms with E-state index in [-0.39, 0.29) is 5.91 Å². The van der Waals surface area contributed by atoms with Gasteiger partial charge in [-0.25, -0.2) is 4.39 Å². The fourth-order valence-electron chi connectivity index (χ4n) is 2.19. The molecule has 23 heavy (non-hydrogen) atoms. The minimum absolute atomic E-state index is 0.152. The summed E-state index contributed by atoms with van der Waals surface area (Å²) in [7, 11) is 1.70. The van der Waals surface area contributed by atoms with Crippen LogP contribution in [0.1, 0.15) is 13.8 Å². The Morgan fingerprint density at radius 3 is 2.65 bits per heavy atom. The van der Waals surface area contributed by atoms with Crippen LogP contribution in [0.3, 0.4) is 0 Å². The predicted molar refractivity (Wildman–Crippen MR) is 90.2 cm³/mol. The normalized spacial score (nSPS) is 11.9. The lowest BCUT2D eigenvalue weighted by Crippen LogP contribution is -2.37. The van der Waals surface area contributed by atoms with Crippen molar-refractivity contribution in [3.8, 4) is 16.9 Å². The van der Waals surface area contributed by atoms with Gasteiger partial charge in [0.15, 0.2) is 6.10 Å². The van der Waals surface area contributed by atoms with Crippen LogP contribution in [0.15, 0.2) is 42.5 Å². The smallest absolute Gasteiger partial charge is 0.263 e. The van der Waals surface area contributed by atoms with E-state index in [1.807, 2.05) is 13.0 Å². The SMILES string of the molecule is CCN(C)C(=O)C(C)Oc1cc(F)cc(-c2cccc(Cl)c2)c1. The molecule has 0 aliphatic rings. The highest BCUT2D eigenvalue weighted by molar-refractivity contribution is 6.30. The first-order valence-corrected chi connectivity index (χ1v) is 7.76. The van der Waals surface area contributed by atoms with Gasteiger partial charge in [-0.2, -0.15) is 0 Å². The molecule has 5 heteroatoms. The molecule has 0 aromatic heterocycles. The molecule has 0 spiro atoms. The second kappa shape index (κ2) is 7.47. The Bertz CT molecular complexity index is 705. The van der Waals surface area contributed by atoms with Crippen molar-refractivity contribution < 1.29 is 13.9 Å². The molecule has 0 N–H and O–H groups in total. The summed E-state index contributed by atoms with van der Waals surface area (Å²) in [5.74, 6) is -0.271. The highest BCUT2D eigenvalue weighted by Gasteiger charge is 2.18. The van der Waals surface area contributed by atoms with E-state index in [1.165, 1.54) is 12.1 Å². The van der Waals surface area contributed by atoms with E-state index in [0.717, 1.165) is 5.56 Å². The van der Waals surface area contributed by atoms with Crippen molar-refractivity contribution in [2.75, 3.05) is 13.6 Å². The lowest BCUT2D eigenvalue weighted by atomic mass is 10.1. The Morgan fingerprint density at radius 1 is 1.26 bits per heavy atom. The standard InChI is InChI=1S/C18H19ClFNO2/c1-4-21(3)18(22)12(2)23-17-10-14(9-16(20)11-17)13-6-5-7-15(19)8-13/h5-12H,4H2,1-3H3. The average Bonchev–Trinajstić information content (AvgIpc) is 2.52. The molecule has 0 bridgehead atoms. The predicted octanol–water partition coefficient (Wildman–Crippen LogP) is 4.39. The highest BCUT2D eigenvalue weighted by Crippen LogP contribution is 2.28. The summed E-state index contributed by atoms with van der Waals surface area (Å²) in [5.41, 5.74) is 1.43. The highest BCUT2D eigenvalue weighted by atomic mass is 35.5. The summed E-state index contributed by atoms with van der Waals surface area (Å²) in [4.78, 5) is 13.6. The van der Waals surface area contributed by atoms with Crippen LogP contribution >= 0.6 is 11.6 Å². The molecule has 0 saturated heterocycles. The Morgan fingerprint density at radius 2 is 2.00 bits per heavy atom. The van der Waals surface area contributed by atoms with Crippen LogP contribution in [0.4, 0.5) is 4.39 Å². The third kappa shape index (κ3) is 4.45. The Kier molecular flexibility index (Phi) is 5.61. The van der Waals surface area contributed by atoms with Crippen molar-refractivity contribution in [2.45, 2.75) is 20.0 Å².